The minimum atomic E-state index is -2.09. The molecule has 0 heterocycles. The van der Waals surface area contributed by atoms with Crippen LogP contribution < -0.4 is 0 Å². The van der Waals surface area contributed by atoms with E-state index in [1.807, 2.05) is 6.92 Å². The van der Waals surface area contributed by atoms with Crippen LogP contribution in [0, 0.1) is 11.8 Å². The summed E-state index contributed by atoms with van der Waals surface area (Å²) in [6.45, 7) is 15.9. The number of Topliss-reactive ketones (excluding diaryl/α,β-unsaturated/α-hetero) is 1. The molecule has 0 bridgehead atoms. The van der Waals surface area contributed by atoms with Crippen LogP contribution >= 0.6 is 0 Å². The minimum absolute atomic E-state index is 0. The third-order valence-corrected chi connectivity index (χ3v) is 9.31. The molecule has 0 saturated carbocycles. The van der Waals surface area contributed by atoms with Gasteiger partial charge in [0.05, 0.1) is 19.1 Å². The SMILES string of the molecule is C.CON(C)C(=O)[C@H](C)[C@@H](O[Si](C)(C)C(C)(C)C)[C@@H](C)C(C)=O. The van der Waals surface area contributed by atoms with Crippen molar-refractivity contribution in [3.8, 4) is 0 Å². The van der Waals surface area contributed by atoms with Gasteiger partial charge in [-0.25, -0.2) is 5.06 Å². The standard InChI is InChI=1S/C16H33NO4Si.CH4/c1-11(13(3)18)14(12(2)15(19)17(7)20-8)21-22(9,10)16(4,5)6;/h11-12,14H,1-10H3;1H4/t11-,12+,14-;/m0./s1. The Bertz CT molecular complexity index is 404. The first-order chi connectivity index (χ1) is 9.76. The second-order valence-corrected chi connectivity index (χ2v) is 12.3. The first kappa shape index (κ1) is 24.5. The number of nitrogens with zero attached hydrogens (tertiary/aromatic N) is 1. The molecule has 0 N–H and O–H groups in total. The van der Waals surface area contributed by atoms with Crippen LogP contribution in [0.15, 0.2) is 0 Å². The molecular formula is C17H37NO4Si. The Morgan fingerprint density at radius 2 is 1.52 bits per heavy atom. The first-order valence-electron chi connectivity index (χ1n) is 7.76. The molecular weight excluding hydrogens is 310 g/mol. The van der Waals surface area contributed by atoms with Crippen LogP contribution in [0.2, 0.25) is 18.1 Å². The van der Waals surface area contributed by atoms with Crippen molar-refractivity contribution in [3.05, 3.63) is 0 Å². The van der Waals surface area contributed by atoms with Crippen LogP contribution in [0.4, 0.5) is 0 Å². The molecule has 0 aromatic rings. The van der Waals surface area contributed by atoms with Crippen LogP contribution in [0.25, 0.3) is 0 Å². The van der Waals surface area contributed by atoms with Crippen molar-refractivity contribution >= 4 is 20.0 Å². The number of carbonyl (C=O) groups excluding carboxylic acids is 2. The molecule has 0 unspecified atom stereocenters. The average Bonchev–Trinajstić information content (AvgIpc) is 2.40. The highest BCUT2D eigenvalue weighted by atomic mass is 28.4. The van der Waals surface area contributed by atoms with E-state index in [0.717, 1.165) is 0 Å². The fourth-order valence-electron chi connectivity index (χ4n) is 1.90. The molecule has 0 aliphatic rings. The van der Waals surface area contributed by atoms with E-state index < -0.39 is 20.3 Å². The normalized spacial score (nSPS) is 16.1. The number of rotatable bonds is 7. The van der Waals surface area contributed by atoms with E-state index in [1.165, 1.54) is 12.2 Å². The Kier molecular flexibility index (Phi) is 9.54. The summed E-state index contributed by atoms with van der Waals surface area (Å²) < 4.78 is 6.42. The van der Waals surface area contributed by atoms with E-state index in [-0.39, 0.29) is 30.1 Å². The molecule has 0 saturated heterocycles. The summed E-state index contributed by atoms with van der Waals surface area (Å²) in [6, 6.07) is 0. The molecule has 0 fully saturated rings. The monoisotopic (exact) mass is 347 g/mol. The molecule has 0 spiro atoms. The smallest absolute Gasteiger partial charge is 0.251 e. The molecule has 5 nitrogen and oxygen atoms in total. The Hall–Kier alpha value is -0.723. The quantitative estimate of drug-likeness (QED) is 0.518. The van der Waals surface area contributed by atoms with Crippen molar-refractivity contribution in [2.45, 2.75) is 73.2 Å². The molecule has 0 radical (unpaired) electrons. The number of amides is 1. The summed E-state index contributed by atoms with van der Waals surface area (Å²) in [4.78, 5) is 29.2. The topological polar surface area (TPSA) is 55.8 Å². The summed E-state index contributed by atoms with van der Waals surface area (Å²) >= 11 is 0. The van der Waals surface area contributed by atoms with Gasteiger partial charge in [0.25, 0.3) is 5.91 Å². The van der Waals surface area contributed by atoms with Gasteiger partial charge in [-0.15, -0.1) is 0 Å². The van der Waals surface area contributed by atoms with Gasteiger partial charge in [0, 0.05) is 13.0 Å². The van der Waals surface area contributed by atoms with Gasteiger partial charge in [0.2, 0.25) is 0 Å². The zero-order chi connectivity index (χ0) is 17.9. The molecule has 0 rings (SSSR count). The van der Waals surface area contributed by atoms with Crippen molar-refractivity contribution in [1.29, 1.82) is 0 Å². The Labute approximate surface area is 143 Å². The Morgan fingerprint density at radius 1 is 1.09 bits per heavy atom. The summed E-state index contributed by atoms with van der Waals surface area (Å²) in [7, 11) is 0.923. The van der Waals surface area contributed by atoms with Crippen molar-refractivity contribution in [3.63, 3.8) is 0 Å². The number of hydrogen-bond donors (Lipinski definition) is 0. The molecule has 3 atom stereocenters. The van der Waals surface area contributed by atoms with Crippen LogP contribution in [-0.2, 0) is 18.9 Å². The summed E-state index contributed by atoms with van der Waals surface area (Å²) in [5.41, 5.74) is 0. The maximum Gasteiger partial charge on any atom is 0.251 e. The van der Waals surface area contributed by atoms with Crippen molar-refractivity contribution < 1.29 is 18.9 Å². The average molecular weight is 348 g/mol. The maximum atomic E-state index is 12.4. The second kappa shape index (κ2) is 8.94. The second-order valence-electron chi connectivity index (χ2n) is 7.55. The molecule has 0 aliphatic carbocycles. The van der Waals surface area contributed by atoms with Crippen molar-refractivity contribution in [2.75, 3.05) is 14.2 Å². The molecule has 1 amide bonds. The predicted molar refractivity (Wildman–Crippen MR) is 97.6 cm³/mol. The third-order valence-electron chi connectivity index (χ3n) is 4.84. The molecule has 6 heteroatoms. The van der Waals surface area contributed by atoms with Gasteiger partial charge in [-0.2, -0.15) is 0 Å². The number of ketones is 1. The fourth-order valence-corrected chi connectivity index (χ4v) is 3.34. The molecule has 0 aromatic carbocycles. The minimum Gasteiger partial charge on any atom is -0.412 e. The van der Waals surface area contributed by atoms with Crippen LogP contribution in [-0.4, -0.2) is 45.3 Å². The molecule has 0 aromatic heterocycles. The van der Waals surface area contributed by atoms with Gasteiger partial charge in [-0.05, 0) is 25.1 Å². The van der Waals surface area contributed by atoms with Gasteiger partial charge in [-0.3, -0.25) is 14.4 Å². The highest BCUT2D eigenvalue weighted by molar-refractivity contribution is 6.74. The van der Waals surface area contributed by atoms with Gasteiger partial charge >= 0.3 is 0 Å². The highest BCUT2D eigenvalue weighted by Crippen LogP contribution is 2.39. The lowest BCUT2D eigenvalue weighted by molar-refractivity contribution is -0.176. The lowest BCUT2D eigenvalue weighted by Gasteiger charge is -2.42. The van der Waals surface area contributed by atoms with Gasteiger partial charge < -0.3 is 4.43 Å². The van der Waals surface area contributed by atoms with Crippen LogP contribution in [0.5, 0.6) is 0 Å². The zero-order valence-corrected chi connectivity index (χ0v) is 16.8. The van der Waals surface area contributed by atoms with Gasteiger partial charge in [-0.1, -0.05) is 42.0 Å². The first-order valence-corrected chi connectivity index (χ1v) is 10.7. The lowest BCUT2D eigenvalue weighted by atomic mass is 9.90. The lowest BCUT2D eigenvalue weighted by Crippen LogP contribution is -2.51. The Balaban J connectivity index is 0. The van der Waals surface area contributed by atoms with Crippen LogP contribution in [0.3, 0.4) is 0 Å². The van der Waals surface area contributed by atoms with Crippen molar-refractivity contribution in [1.82, 2.24) is 5.06 Å². The fraction of sp³-hybridized carbons (Fsp3) is 0.882. The molecule has 23 heavy (non-hydrogen) atoms. The van der Waals surface area contributed by atoms with E-state index in [0.29, 0.717) is 0 Å². The summed E-state index contributed by atoms with van der Waals surface area (Å²) in [5.74, 6) is -0.931. The molecule has 0 aliphatic heterocycles. The van der Waals surface area contributed by atoms with Gasteiger partial charge in [0.15, 0.2) is 8.32 Å². The largest absolute Gasteiger partial charge is 0.412 e. The van der Waals surface area contributed by atoms with E-state index in [4.69, 9.17) is 9.26 Å². The van der Waals surface area contributed by atoms with Crippen LogP contribution in [0.1, 0.15) is 49.0 Å². The van der Waals surface area contributed by atoms with E-state index >= 15 is 0 Å². The number of hydroxylamine groups is 2. The number of carbonyl (C=O) groups is 2. The van der Waals surface area contributed by atoms with Crippen molar-refractivity contribution in [2.24, 2.45) is 11.8 Å². The van der Waals surface area contributed by atoms with E-state index in [2.05, 4.69) is 33.9 Å². The van der Waals surface area contributed by atoms with Gasteiger partial charge in [0.1, 0.15) is 5.78 Å². The number of hydrogen-bond acceptors (Lipinski definition) is 4. The molecule has 138 valence electrons. The van der Waals surface area contributed by atoms with E-state index in [1.54, 1.807) is 20.9 Å². The third kappa shape index (κ3) is 6.35. The Morgan fingerprint density at radius 3 is 1.83 bits per heavy atom. The summed E-state index contributed by atoms with van der Waals surface area (Å²) in [6.07, 6.45) is -0.441. The highest BCUT2D eigenvalue weighted by Gasteiger charge is 2.43. The maximum absolute atomic E-state index is 12.4. The van der Waals surface area contributed by atoms with E-state index in [9.17, 15) is 9.59 Å². The predicted octanol–water partition coefficient (Wildman–Crippen LogP) is 3.89. The summed E-state index contributed by atoms with van der Waals surface area (Å²) in [5, 5.41) is 1.21. The zero-order valence-electron chi connectivity index (χ0n) is 15.8.